The number of benzene rings is 1. The number of nitrogens with one attached hydrogen (secondary N) is 1. The van der Waals surface area contributed by atoms with E-state index in [4.69, 9.17) is 4.74 Å². The van der Waals surface area contributed by atoms with Gasteiger partial charge in [-0.15, -0.1) is 0 Å². The fraction of sp³-hybridized carbons (Fsp3) is 0.375. The molecule has 0 amide bonds. The van der Waals surface area contributed by atoms with E-state index in [1.807, 2.05) is 27.8 Å². The number of aryl methyl sites for hydroxylation is 3. The fourth-order valence-corrected chi connectivity index (χ4v) is 2.12. The second-order valence-electron chi connectivity index (χ2n) is 5.06. The Bertz CT molecular complexity index is 651. The molecule has 0 fully saturated rings. The van der Waals surface area contributed by atoms with Gasteiger partial charge in [0.15, 0.2) is 0 Å². The van der Waals surface area contributed by atoms with Crippen LogP contribution >= 0.6 is 0 Å². The Kier molecular flexibility index (Phi) is 3.93. The van der Waals surface area contributed by atoms with Gasteiger partial charge in [0.2, 0.25) is 5.88 Å². The summed E-state index contributed by atoms with van der Waals surface area (Å²) in [7, 11) is 1.85. The Morgan fingerprint density at radius 3 is 2.20 bits per heavy atom. The molecule has 0 spiro atoms. The van der Waals surface area contributed by atoms with E-state index in [1.54, 1.807) is 0 Å². The molecule has 4 nitrogen and oxygen atoms in total. The number of hydrogen-bond acceptors (Lipinski definition) is 4. The van der Waals surface area contributed by atoms with Gasteiger partial charge in [0.25, 0.3) is 0 Å². The van der Waals surface area contributed by atoms with Crippen LogP contribution < -0.4 is 10.1 Å². The lowest BCUT2D eigenvalue weighted by molar-refractivity contribution is 0.449. The highest BCUT2D eigenvalue weighted by molar-refractivity contribution is 5.51. The number of aromatic nitrogens is 2. The monoisotopic (exact) mass is 271 g/mol. The number of nitrogens with zero attached hydrogens (tertiary/aromatic N) is 2. The predicted molar refractivity (Wildman–Crippen MR) is 81.8 cm³/mol. The van der Waals surface area contributed by atoms with Crippen molar-refractivity contribution in [3.8, 4) is 11.6 Å². The first-order valence-corrected chi connectivity index (χ1v) is 6.71. The molecule has 0 aliphatic heterocycles. The summed E-state index contributed by atoms with van der Waals surface area (Å²) in [6.45, 7) is 10.0. The molecule has 0 bridgehead atoms. The number of hydrogen-bond donors (Lipinski definition) is 1. The lowest BCUT2D eigenvalue weighted by atomic mass is 10.1. The maximum Gasteiger partial charge on any atom is 0.227 e. The van der Waals surface area contributed by atoms with Crippen LogP contribution in [0.25, 0.3) is 0 Å². The Hall–Kier alpha value is -2.10. The average molecular weight is 271 g/mol. The zero-order chi connectivity index (χ0) is 14.9. The molecule has 2 rings (SSSR count). The van der Waals surface area contributed by atoms with E-state index in [2.05, 4.69) is 41.3 Å². The summed E-state index contributed by atoms with van der Waals surface area (Å²) in [6.07, 6.45) is 0. The first-order chi connectivity index (χ1) is 9.43. The molecule has 1 aromatic heterocycles. The van der Waals surface area contributed by atoms with Crippen LogP contribution in [-0.2, 0) is 0 Å². The Labute approximate surface area is 120 Å². The standard InChI is InChI=1S/C16H21N3O/c1-9-7-8-10(2)14(11(9)3)20-16-12(4)15(17-6)18-13(5)19-16/h7-8H,1-6H3,(H,17,18,19). The van der Waals surface area contributed by atoms with E-state index in [0.717, 1.165) is 28.3 Å². The van der Waals surface area contributed by atoms with Gasteiger partial charge in [0.05, 0.1) is 5.56 Å². The van der Waals surface area contributed by atoms with E-state index >= 15 is 0 Å². The van der Waals surface area contributed by atoms with Crippen LogP contribution in [0.1, 0.15) is 28.1 Å². The zero-order valence-corrected chi connectivity index (χ0v) is 13.0. The third-order valence-electron chi connectivity index (χ3n) is 3.52. The molecule has 1 heterocycles. The van der Waals surface area contributed by atoms with Crippen LogP contribution in [0.15, 0.2) is 12.1 Å². The molecule has 0 unspecified atom stereocenters. The number of rotatable bonds is 3. The van der Waals surface area contributed by atoms with Crippen molar-refractivity contribution in [2.45, 2.75) is 34.6 Å². The number of ether oxygens (including phenoxy) is 1. The molecule has 0 aliphatic rings. The first kappa shape index (κ1) is 14.3. The van der Waals surface area contributed by atoms with Gasteiger partial charge in [-0.3, -0.25) is 0 Å². The Morgan fingerprint density at radius 1 is 0.900 bits per heavy atom. The molecule has 2 aromatic rings. The van der Waals surface area contributed by atoms with E-state index in [0.29, 0.717) is 11.7 Å². The summed E-state index contributed by atoms with van der Waals surface area (Å²) in [6, 6.07) is 4.18. The van der Waals surface area contributed by atoms with Crippen LogP contribution in [0, 0.1) is 34.6 Å². The lowest BCUT2D eigenvalue weighted by Crippen LogP contribution is -2.04. The normalized spacial score (nSPS) is 10.5. The minimum Gasteiger partial charge on any atom is -0.438 e. The fourth-order valence-electron chi connectivity index (χ4n) is 2.12. The molecule has 0 saturated heterocycles. The quantitative estimate of drug-likeness (QED) is 0.921. The largest absolute Gasteiger partial charge is 0.438 e. The highest BCUT2D eigenvalue weighted by atomic mass is 16.5. The SMILES string of the molecule is CNc1nc(C)nc(Oc2c(C)ccc(C)c2C)c1C. The molecular formula is C16H21N3O. The summed E-state index contributed by atoms with van der Waals surface area (Å²) in [5, 5.41) is 3.07. The molecule has 4 heteroatoms. The lowest BCUT2D eigenvalue weighted by Gasteiger charge is -2.16. The van der Waals surface area contributed by atoms with Gasteiger partial charge >= 0.3 is 0 Å². The predicted octanol–water partition coefficient (Wildman–Crippen LogP) is 3.85. The summed E-state index contributed by atoms with van der Waals surface area (Å²) < 4.78 is 6.08. The molecule has 1 aromatic carbocycles. The molecular weight excluding hydrogens is 250 g/mol. The molecule has 1 N–H and O–H groups in total. The second kappa shape index (κ2) is 5.49. The van der Waals surface area contributed by atoms with Crippen molar-refractivity contribution >= 4 is 5.82 Å². The Morgan fingerprint density at radius 2 is 1.55 bits per heavy atom. The van der Waals surface area contributed by atoms with E-state index in [9.17, 15) is 0 Å². The Balaban J connectivity index is 2.50. The summed E-state index contributed by atoms with van der Waals surface area (Å²) in [5.41, 5.74) is 4.38. The van der Waals surface area contributed by atoms with Crippen molar-refractivity contribution in [2.75, 3.05) is 12.4 Å². The average Bonchev–Trinajstić information content (AvgIpc) is 2.42. The zero-order valence-electron chi connectivity index (χ0n) is 13.0. The third-order valence-corrected chi connectivity index (χ3v) is 3.52. The first-order valence-electron chi connectivity index (χ1n) is 6.71. The summed E-state index contributed by atoms with van der Waals surface area (Å²) >= 11 is 0. The van der Waals surface area contributed by atoms with Gasteiger partial charge in [-0.05, 0) is 51.3 Å². The van der Waals surface area contributed by atoms with Gasteiger partial charge < -0.3 is 10.1 Å². The smallest absolute Gasteiger partial charge is 0.227 e. The topological polar surface area (TPSA) is 47.0 Å². The van der Waals surface area contributed by atoms with Crippen molar-refractivity contribution in [3.05, 3.63) is 40.2 Å². The summed E-state index contributed by atoms with van der Waals surface area (Å²) in [4.78, 5) is 8.77. The van der Waals surface area contributed by atoms with Crippen LogP contribution in [0.2, 0.25) is 0 Å². The van der Waals surface area contributed by atoms with Crippen LogP contribution in [0.4, 0.5) is 5.82 Å². The number of anilines is 1. The second-order valence-corrected chi connectivity index (χ2v) is 5.06. The van der Waals surface area contributed by atoms with E-state index in [1.165, 1.54) is 5.56 Å². The van der Waals surface area contributed by atoms with Crippen molar-refractivity contribution in [3.63, 3.8) is 0 Å². The van der Waals surface area contributed by atoms with Gasteiger partial charge in [-0.2, -0.15) is 4.98 Å². The van der Waals surface area contributed by atoms with E-state index < -0.39 is 0 Å². The highest BCUT2D eigenvalue weighted by Gasteiger charge is 2.13. The highest BCUT2D eigenvalue weighted by Crippen LogP contribution is 2.32. The minimum absolute atomic E-state index is 0.610. The molecule has 20 heavy (non-hydrogen) atoms. The van der Waals surface area contributed by atoms with Gasteiger partial charge in [-0.25, -0.2) is 4.98 Å². The molecule has 106 valence electrons. The van der Waals surface area contributed by atoms with Crippen LogP contribution in [0.5, 0.6) is 11.6 Å². The van der Waals surface area contributed by atoms with Crippen molar-refractivity contribution in [1.29, 1.82) is 0 Å². The molecule has 0 aliphatic carbocycles. The molecule has 0 radical (unpaired) electrons. The minimum atomic E-state index is 0.610. The molecule has 0 saturated carbocycles. The van der Waals surface area contributed by atoms with Crippen molar-refractivity contribution in [2.24, 2.45) is 0 Å². The summed E-state index contributed by atoms with van der Waals surface area (Å²) in [5.74, 6) is 2.99. The van der Waals surface area contributed by atoms with Gasteiger partial charge in [0.1, 0.15) is 17.4 Å². The maximum absolute atomic E-state index is 6.08. The van der Waals surface area contributed by atoms with Crippen molar-refractivity contribution < 1.29 is 4.74 Å². The van der Waals surface area contributed by atoms with Crippen LogP contribution in [-0.4, -0.2) is 17.0 Å². The molecule has 0 atom stereocenters. The third kappa shape index (κ3) is 2.59. The van der Waals surface area contributed by atoms with E-state index in [-0.39, 0.29) is 0 Å². The van der Waals surface area contributed by atoms with Gasteiger partial charge in [-0.1, -0.05) is 12.1 Å². The van der Waals surface area contributed by atoms with Crippen molar-refractivity contribution in [1.82, 2.24) is 9.97 Å². The van der Waals surface area contributed by atoms with Crippen LogP contribution in [0.3, 0.4) is 0 Å². The van der Waals surface area contributed by atoms with Gasteiger partial charge in [0, 0.05) is 7.05 Å². The maximum atomic E-state index is 6.08.